The Hall–Kier alpha value is -1.51. The minimum absolute atomic E-state index is 0.762. The van der Waals surface area contributed by atoms with Crippen molar-refractivity contribution in [1.29, 1.82) is 0 Å². The number of aromatic nitrogens is 2. The standard InChI is InChI=1S/C21H31N5OS2/c1-3-17-23-19(18-15-7-4-5-8-16(15)29-20(18)24-17)25-10-12-26(13-11-25)21(28)22-9-6-14-27-2/h3-14H2,1-2H3,(H,22,28). The molecule has 29 heavy (non-hydrogen) atoms. The molecule has 0 atom stereocenters. The van der Waals surface area contributed by atoms with Gasteiger partial charge in [-0.05, 0) is 49.9 Å². The molecule has 3 heterocycles. The fraction of sp³-hybridized carbons (Fsp3) is 0.667. The molecule has 0 saturated carbocycles. The molecule has 1 aliphatic carbocycles. The first-order valence-electron chi connectivity index (χ1n) is 10.8. The summed E-state index contributed by atoms with van der Waals surface area (Å²) in [6, 6.07) is 0. The zero-order chi connectivity index (χ0) is 20.2. The molecule has 1 saturated heterocycles. The van der Waals surface area contributed by atoms with Gasteiger partial charge in [-0.1, -0.05) is 6.92 Å². The van der Waals surface area contributed by atoms with Crippen molar-refractivity contribution in [1.82, 2.24) is 20.2 Å². The molecule has 0 amide bonds. The first-order valence-corrected chi connectivity index (χ1v) is 12.0. The summed E-state index contributed by atoms with van der Waals surface area (Å²) in [4.78, 5) is 17.3. The van der Waals surface area contributed by atoms with Crippen LogP contribution in [0.5, 0.6) is 0 Å². The van der Waals surface area contributed by atoms with Gasteiger partial charge in [0.1, 0.15) is 16.5 Å². The quantitative estimate of drug-likeness (QED) is 0.555. The Morgan fingerprint density at radius 3 is 2.72 bits per heavy atom. The van der Waals surface area contributed by atoms with Crippen molar-refractivity contribution in [3.05, 3.63) is 16.3 Å². The highest BCUT2D eigenvalue weighted by molar-refractivity contribution is 7.80. The number of fused-ring (bicyclic) bond motifs is 3. The molecule has 2 aromatic rings. The number of nitrogens with zero attached hydrogens (tertiary/aromatic N) is 4. The minimum atomic E-state index is 0.762. The lowest BCUT2D eigenvalue weighted by molar-refractivity contribution is 0.195. The molecule has 0 aromatic carbocycles. The maximum absolute atomic E-state index is 5.59. The van der Waals surface area contributed by atoms with Crippen molar-refractivity contribution < 1.29 is 4.74 Å². The molecule has 2 aliphatic rings. The van der Waals surface area contributed by atoms with Crippen molar-refractivity contribution in [2.75, 3.05) is 51.3 Å². The van der Waals surface area contributed by atoms with Crippen molar-refractivity contribution in [3.63, 3.8) is 0 Å². The van der Waals surface area contributed by atoms with E-state index in [2.05, 4.69) is 22.0 Å². The van der Waals surface area contributed by atoms with Gasteiger partial charge in [-0.3, -0.25) is 0 Å². The molecule has 0 bridgehead atoms. The highest BCUT2D eigenvalue weighted by Crippen LogP contribution is 2.40. The average Bonchev–Trinajstić information content (AvgIpc) is 3.14. The number of hydrogen-bond acceptors (Lipinski definition) is 6. The van der Waals surface area contributed by atoms with Gasteiger partial charge in [0.2, 0.25) is 0 Å². The van der Waals surface area contributed by atoms with E-state index < -0.39 is 0 Å². The third kappa shape index (κ3) is 4.49. The third-order valence-electron chi connectivity index (χ3n) is 5.83. The molecule has 0 radical (unpaired) electrons. The van der Waals surface area contributed by atoms with E-state index in [0.29, 0.717) is 0 Å². The largest absolute Gasteiger partial charge is 0.385 e. The fourth-order valence-electron chi connectivity index (χ4n) is 4.21. The van der Waals surface area contributed by atoms with Crippen LogP contribution in [0.1, 0.15) is 42.5 Å². The summed E-state index contributed by atoms with van der Waals surface area (Å²) in [5, 5.41) is 5.55. The van der Waals surface area contributed by atoms with Gasteiger partial charge in [0.15, 0.2) is 5.11 Å². The average molecular weight is 434 g/mol. The smallest absolute Gasteiger partial charge is 0.169 e. The summed E-state index contributed by atoms with van der Waals surface area (Å²) < 4.78 is 5.10. The Bertz CT molecular complexity index is 860. The van der Waals surface area contributed by atoms with Gasteiger partial charge in [-0.25, -0.2) is 9.97 Å². The number of anilines is 1. The van der Waals surface area contributed by atoms with Crippen LogP contribution in [-0.2, 0) is 24.0 Å². The lowest BCUT2D eigenvalue weighted by atomic mass is 9.97. The van der Waals surface area contributed by atoms with Crippen LogP contribution in [0.3, 0.4) is 0 Å². The molecular formula is C21H31N5OS2. The Kier molecular flexibility index (Phi) is 6.82. The van der Waals surface area contributed by atoms with Crippen LogP contribution in [-0.4, -0.2) is 66.4 Å². The molecular weight excluding hydrogens is 402 g/mol. The zero-order valence-electron chi connectivity index (χ0n) is 17.5. The summed E-state index contributed by atoms with van der Waals surface area (Å²) in [7, 11) is 1.73. The Balaban J connectivity index is 1.49. The maximum atomic E-state index is 5.59. The van der Waals surface area contributed by atoms with Crippen LogP contribution in [0.4, 0.5) is 5.82 Å². The molecule has 8 heteroatoms. The summed E-state index contributed by atoms with van der Waals surface area (Å²) in [6.45, 7) is 7.51. The van der Waals surface area contributed by atoms with E-state index in [1.807, 2.05) is 11.3 Å². The van der Waals surface area contributed by atoms with Crippen LogP contribution in [0.15, 0.2) is 0 Å². The molecule has 6 nitrogen and oxygen atoms in total. The summed E-state index contributed by atoms with van der Waals surface area (Å²) in [5.41, 5.74) is 1.52. The van der Waals surface area contributed by atoms with E-state index in [0.717, 1.165) is 68.9 Å². The molecule has 4 rings (SSSR count). The highest BCUT2D eigenvalue weighted by atomic mass is 32.1. The normalized spacial score (nSPS) is 16.9. The van der Waals surface area contributed by atoms with Crippen molar-refractivity contribution in [2.45, 2.75) is 45.4 Å². The molecule has 1 aliphatic heterocycles. The first kappa shape index (κ1) is 20.8. The SMILES string of the molecule is CCc1nc(N2CCN(C(=S)NCCCOC)CC2)c2c3c(sc2n1)CCCC3. The second-order valence-corrected chi connectivity index (χ2v) is 9.23. The lowest BCUT2D eigenvalue weighted by Gasteiger charge is -2.37. The van der Waals surface area contributed by atoms with Crippen molar-refractivity contribution in [2.24, 2.45) is 0 Å². The Labute approximate surface area is 182 Å². The van der Waals surface area contributed by atoms with E-state index in [-0.39, 0.29) is 0 Å². The van der Waals surface area contributed by atoms with Crippen LogP contribution in [0.25, 0.3) is 10.2 Å². The zero-order valence-corrected chi connectivity index (χ0v) is 19.1. The van der Waals surface area contributed by atoms with Crippen LogP contribution < -0.4 is 10.2 Å². The fourth-order valence-corrected chi connectivity index (χ4v) is 5.77. The molecule has 1 fully saturated rings. The molecule has 158 valence electrons. The third-order valence-corrected chi connectivity index (χ3v) is 7.41. The van der Waals surface area contributed by atoms with E-state index in [1.165, 1.54) is 46.3 Å². The molecule has 0 unspecified atom stereocenters. The predicted octanol–water partition coefficient (Wildman–Crippen LogP) is 3.17. The van der Waals surface area contributed by atoms with Crippen molar-refractivity contribution >= 4 is 44.7 Å². The van der Waals surface area contributed by atoms with Crippen LogP contribution >= 0.6 is 23.6 Å². The van der Waals surface area contributed by atoms with Gasteiger partial charge in [0, 0.05) is 57.7 Å². The minimum Gasteiger partial charge on any atom is -0.385 e. The number of aryl methyl sites for hydroxylation is 3. The molecule has 1 N–H and O–H groups in total. The van der Waals surface area contributed by atoms with Crippen LogP contribution in [0, 0.1) is 0 Å². The second-order valence-electron chi connectivity index (χ2n) is 7.76. The monoisotopic (exact) mass is 433 g/mol. The number of piperazine rings is 1. The first-order chi connectivity index (χ1) is 14.2. The number of rotatable bonds is 6. The van der Waals surface area contributed by atoms with Gasteiger partial charge in [-0.2, -0.15) is 0 Å². The van der Waals surface area contributed by atoms with Gasteiger partial charge < -0.3 is 19.9 Å². The highest BCUT2D eigenvalue weighted by Gasteiger charge is 2.26. The van der Waals surface area contributed by atoms with Crippen LogP contribution in [0.2, 0.25) is 0 Å². The van der Waals surface area contributed by atoms with Gasteiger partial charge in [-0.15, -0.1) is 11.3 Å². The Morgan fingerprint density at radius 2 is 1.97 bits per heavy atom. The lowest BCUT2D eigenvalue weighted by Crippen LogP contribution is -2.52. The number of ether oxygens (including phenoxy) is 1. The summed E-state index contributed by atoms with van der Waals surface area (Å²) in [6.07, 6.45) is 6.81. The topological polar surface area (TPSA) is 53.5 Å². The molecule has 0 spiro atoms. The van der Waals surface area contributed by atoms with Gasteiger partial charge in [0.05, 0.1) is 5.39 Å². The molecule has 2 aromatic heterocycles. The van der Waals surface area contributed by atoms with E-state index >= 15 is 0 Å². The van der Waals surface area contributed by atoms with Gasteiger partial charge >= 0.3 is 0 Å². The number of thiocarbonyl (C=S) groups is 1. The predicted molar refractivity (Wildman–Crippen MR) is 124 cm³/mol. The number of nitrogens with one attached hydrogen (secondary N) is 1. The maximum Gasteiger partial charge on any atom is 0.169 e. The summed E-state index contributed by atoms with van der Waals surface area (Å²) >= 11 is 7.49. The van der Waals surface area contributed by atoms with E-state index in [1.54, 1.807) is 7.11 Å². The number of methoxy groups -OCH3 is 1. The number of hydrogen-bond donors (Lipinski definition) is 1. The second kappa shape index (κ2) is 9.53. The summed E-state index contributed by atoms with van der Waals surface area (Å²) in [5.74, 6) is 2.12. The van der Waals surface area contributed by atoms with Gasteiger partial charge in [0.25, 0.3) is 0 Å². The number of thiophene rings is 1. The van der Waals surface area contributed by atoms with E-state index in [9.17, 15) is 0 Å². The van der Waals surface area contributed by atoms with E-state index in [4.69, 9.17) is 26.9 Å². The van der Waals surface area contributed by atoms with Crippen molar-refractivity contribution in [3.8, 4) is 0 Å². The Morgan fingerprint density at radius 1 is 1.17 bits per heavy atom.